The Labute approximate surface area is 308 Å². The molecule has 2 heteroatoms. The molecule has 0 amide bonds. The standard InChI is InChI=1S/C51H32N2/c1-52-39-23-28-41(29-24-39)53(42-27-21-34-11-5-6-14-37(34)31-42)40-25-19-35(20-26-40)38-22-30-47-49(32-38)43-15-7-8-16-44(43)50-33-48(36-12-3-2-4-13-36)45-17-9-10-18-46(45)51(47)50/h2-33H. The monoisotopic (exact) mass is 672 g/mol. The number of anilines is 3. The van der Waals surface area contributed by atoms with Crippen LogP contribution in [-0.2, 0) is 0 Å². The third kappa shape index (κ3) is 5.18. The molecule has 0 unspecified atom stereocenters. The summed E-state index contributed by atoms with van der Waals surface area (Å²) in [4.78, 5) is 5.89. The molecule has 10 aromatic rings. The lowest BCUT2D eigenvalue weighted by Crippen LogP contribution is -2.09. The highest BCUT2D eigenvalue weighted by molar-refractivity contribution is 6.33. The second-order valence-corrected chi connectivity index (χ2v) is 13.6. The quantitative estimate of drug-likeness (QED) is 0.130. The zero-order chi connectivity index (χ0) is 35.3. The van der Waals surface area contributed by atoms with Crippen molar-refractivity contribution in [2.45, 2.75) is 0 Å². The summed E-state index contributed by atoms with van der Waals surface area (Å²) >= 11 is 0. The molecule has 53 heavy (non-hydrogen) atoms. The minimum Gasteiger partial charge on any atom is -0.311 e. The molecule has 0 radical (unpaired) electrons. The van der Waals surface area contributed by atoms with Crippen LogP contribution in [-0.4, -0.2) is 0 Å². The van der Waals surface area contributed by atoms with Crippen LogP contribution >= 0.6 is 0 Å². The van der Waals surface area contributed by atoms with E-state index in [0.717, 1.165) is 22.6 Å². The summed E-state index contributed by atoms with van der Waals surface area (Å²) in [7, 11) is 0. The molecule has 0 aliphatic rings. The molecule has 0 saturated carbocycles. The lowest BCUT2D eigenvalue weighted by Gasteiger charge is -2.26. The largest absolute Gasteiger partial charge is 0.311 e. The van der Waals surface area contributed by atoms with Crippen LogP contribution in [0.1, 0.15) is 0 Å². The molecule has 2 nitrogen and oxygen atoms in total. The molecule has 0 aromatic heterocycles. The van der Waals surface area contributed by atoms with Gasteiger partial charge in [-0.15, -0.1) is 0 Å². The molecule has 0 N–H and O–H groups in total. The Morgan fingerprint density at radius 3 is 1.64 bits per heavy atom. The van der Waals surface area contributed by atoms with Gasteiger partial charge in [-0.1, -0.05) is 146 Å². The average Bonchev–Trinajstić information content (AvgIpc) is 3.24. The van der Waals surface area contributed by atoms with Gasteiger partial charge in [0.25, 0.3) is 0 Å². The van der Waals surface area contributed by atoms with E-state index in [2.05, 4.69) is 180 Å². The maximum atomic E-state index is 7.47. The third-order valence-electron chi connectivity index (χ3n) is 10.6. The van der Waals surface area contributed by atoms with E-state index in [0.29, 0.717) is 5.69 Å². The van der Waals surface area contributed by atoms with Gasteiger partial charge in [0.05, 0.1) is 6.57 Å². The van der Waals surface area contributed by atoms with Crippen LogP contribution in [0.5, 0.6) is 0 Å². The Balaban J connectivity index is 1.12. The summed E-state index contributed by atoms with van der Waals surface area (Å²) in [6, 6.07) is 69.5. The van der Waals surface area contributed by atoms with E-state index in [4.69, 9.17) is 6.57 Å². The molecular weight excluding hydrogens is 641 g/mol. The Morgan fingerprint density at radius 1 is 0.340 bits per heavy atom. The Kier molecular flexibility index (Phi) is 7.23. The van der Waals surface area contributed by atoms with Crippen molar-refractivity contribution in [3.8, 4) is 22.3 Å². The molecule has 0 spiro atoms. The molecular formula is C51H32N2. The van der Waals surface area contributed by atoms with Gasteiger partial charge in [-0.25, -0.2) is 4.85 Å². The molecule has 246 valence electrons. The summed E-state index contributed by atoms with van der Waals surface area (Å²) in [5.41, 5.74) is 8.58. The number of hydrogen-bond acceptors (Lipinski definition) is 1. The summed E-state index contributed by atoms with van der Waals surface area (Å²) < 4.78 is 0. The maximum absolute atomic E-state index is 7.47. The maximum Gasteiger partial charge on any atom is 0.187 e. The lowest BCUT2D eigenvalue weighted by atomic mass is 9.86. The molecule has 0 aliphatic heterocycles. The van der Waals surface area contributed by atoms with E-state index in [1.54, 1.807) is 0 Å². The third-order valence-corrected chi connectivity index (χ3v) is 10.6. The molecule has 0 saturated heterocycles. The normalized spacial score (nSPS) is 11.4. The van der Waals surface area contributed by atoms with Gasteiger partial charge in [0, 0.05) is 17.1 Å². The number of rotatable bonds is 5. The van der Waals surface area contributed by atoms with Crippen molar-refractivity contribution >= 4 is 76.6 Å². The average molecular weight is 673 g/mol. The van der Waals surface area contributed by atoms with Gasteiger partial charge in [-0.3, -0.25) is 0 Å². The predicted molar refractivity (Wildman–Crippen MR) is 226 cm³/mol. The summed E-state index contributed by atoms with van der Waals surface area (Å²) in [5.74, 6) is 0. The fourth-order valence-corrected chi connectivity index (χ4v) is 8.09. The van der Waals surface area contributed by atoms with Gasteiger partial charge >= 0.3 is 0 Å². The van der Waals surface area contributed by atoms with Gasteiger partial charge in [-0.2, -0.15) is 0 Å². The van der Waals surface area contributed by atoms with Gasteiger partial charge in [-0.05, 0) is 125 Å². The van der Waals surface area contributed by atoms with Crippen molar-refractivity contribution in [2.75, 3.05) is 4.90 Å². The first-order valence-electron chi connectivity index (χ1n) is 18.0. The highest BCUT2D eigenvalue weighted by atomic mass is 15.1. The minimum atomic E-state index is 0.629. The van der Waals surface area contributed by atoms with Crippen LogP contribution in [0.3, 0.4) is 0 Å². The van der Waals surface area contributed by atoms with Crippen molar-refractivity contribution in [2.24, 2.45) is 0 Å². The zero-order valence-electron chi connectivity index (χ0n) is 28.9. The van der Waals surface area contributed by atoms with Crippen molar-refractivity contribution in [1.82, 2.24) is 0 Å². The van der Waals surface area contributed by atoms with E-state index in [9.17, 15) is 0 Å². The van der Waals surface area contributed by atoms with Gasteiger partial charge in [0.15, 0.2) is 5.69 Å². The van der Waals surface area contributed by atoms with Crippen LogP contribution in [0, 0.1) is 6.57 Å². The number of benzene rings is 10. The molecule has 10 rings (SSSR count). The molecule has 10 aromatic carbocycles. The summed E-state index contributed by atoms with van der Waals surface area (Å²) in [6.45, 7) is 7.47. The zero-order valence-corrected chi connectivity index (χ0v) is 28.9. The number of hydrogen-bond donors (Lipinski definition) is 0. The molecule has 0 fully saturated rings. The second-order valence-electron chi connectivity index (χ2n) is 13.6. The van der Waals surface area contributed by atoms with Crippen molar-refractivity contribution in [3.05, 3.63) is 206 Å². The van der Waals surface area contributed by atoms with E-state index in [-0.39, 0.29) is 0 Å². The van der Waals surface area contributed by atoms with Crippen molar-refractivity contribution < 1.29 is 0 Å². The molecule has 0 bridgehead atoms. The minimum absolute atomic E-state index is 0.629. The van der Waals surface area contributed by atoms with E-state index in [1.807, 2.05) is 24.3 Å². The first kappa shape index (κ1) is 30.6. The Morgan fingerprint density at radius 2 is 0.906 bits per heavy atom. The fourth-order valence-electron chi connectivity index (χ4n) is 8.09. The SMILES string of the molecule is [C-]#[N+]c1ccc(N(c2ccc(-c3ccc4c(c3)c3ccccc3c3cc(-c5ccccc5)c5ccccc5c43)cc2)c2ccc3ccccc3c2)cc1. The second kappa shape index (κ2) is 12.5. The lowest BCUT2D eigenvalue weighted by molar-refractivity contribution is 1.29. The first-order valence-corrected chi connectivity index (χ1v) is 18.0. The van der Waals surface area contributed by atoms with Crippen LogP contribution in [0.4, 0.5) is 22.7 Å². The Hall–Kier alpha value is -7.21. The molecule has 0 atom stereocenters. The number of nitrogens with zero attached hydrogens (tertiary/aromatic N) is 2. The fraction of sp³-hybridized carbons (Fsp3) is 0. The predicted octanol–water partition coefficient (Wildman–Crippen LogP) is 14.8. The van der Waals surface area contributed by atoms with Crippen LogP contribution in [0.2, 0.25) is 0 Å². The first-order chi connectivity index (χ1) is 26.2. The smallest absolute Gasteiger partial charge is 0.187 e. The van der Waals surface area contributed by atoms with Crippen LogP contribution in [0.25, 0.3) is 81.0 Å². The molecule has 0 heterocycles. The highest BCUT2D eigenvalue weighted by Crippen LogP contribution is 2.44. The molecule has 0 aliphatic carbocycles. The number of fused-ring (bicyclic) bond motifs is 9. The summed E-state index contributed by atoms with van der Waals surface area (Å²) in [6.07, 6.45) is 0. The van der Waals surface area contributed by atoms with Crippen molar-refractivity contribution in [3.63, 3.8) is 0 Å². The van der Waals surface area contributed by atoms with Crippen molar-refractivity contribution in [1.29, 1.82) is 0 Å². The topological polar surface area (TPSA) is 7.60 Å². The van der Waals surface area contributed by atoms with Gasteiger partial charge < -0.3 is 4.90 Å². The van der Waals surface area contributed by atoms with E-state index >= 15 is 0 Å². The Bertz CT molecular complexity index is 3050. The summed E-state index contributed by atoms with van der Waals surface area (Å²) in [5, 5.41) is 12.5. The van der Waals surface area contributed by atoms with Crippen LogP contribution < -0.4 is 4.90 Å². The van der Waals surface area contributed by atoms with Crippen LogP contribution in [0.15, 0.2) is 194 Å². The van der Waals surface area contributed by atoms with Gasteiger partial charge in [0.2, 0.25) is 0 Å². The highest BCUT2D eigenvalue weighted by Gasteiger charge is 2.17. The van der Waals surface area contributed by atoms with E-state index < -0.39 is 0 Å². The van der Waals surface area contributed by atoms with Gasteiger partial charge in [0.1, 0.15) is 0 Å². The van der Waals surface area contributed by atoms with E-state index in [1.165, 1.54) is 70.6 Å².